The lowest BCUT2D eigenvalue weighted by molar-refractivity contribution is 0.102. The number of carbonyl (C=O) groups excluding carboxylic acids is 1. The highest BCUT2D eigenvalue weighted by molar-refractivity contribution is 7.14. The molecular weight excluding hydrogens is 423 g/mol. The Balaban J connectivity index is 1.52. The van der Waals surface area contributed by atoms with Crippen LogP contribution in [0.3, 0.4) is 0 Å². The molecule has 0 fully saturated rings. The van der Waals surface area contributed by atoms with Crippen LogP contribution in [0, 0.1) is 19.7 Å². The van der Waals surface area contributed by atoms with Gasteiger partial charge < -0.3 is 0 Å². The Morgan fingerprint density at radius 2 is 1.83 bits per heavy atom. The van der Waals surface area contributed by atoms with E-state index in [4.69, 9.17) is 11.6 Å². The molecule has 0 aliphatic rings. The first-order valence-corrected chi connectivity index (χ1v) is 10.5. The van der Waals surface area contributed by atoms with Crippen LogP contribution in [-0.4, -0.2) is 20.7 Å². The zero-order valence-corrected chi connectivity index (χ0v) is 17.9. The number of anilines is 1. The van der Waals surface area contributed by atoms with Gasteiger partial charge in [0.2, 0.25) is 0 Å². The van der Waals surface area contributed by atoms with Gasteiger partial charge in [-0.15, -0.1) is 11.3 Å². The van der Waals surface area contributed by atoms with Crippen molar-refractivity contribution in [2.24, 2.45) is 0 Å². The van der Waals surface area contributed by atoms with Gasteiger partial charge in [-0.25, -0.2) is 14.1 Å². The van der Waals surface area contributed by atoms with Gasteiger partial charge in [-0.2, -0.15) is 5.10 Å². The number of carbonyl (C=O) groups is 1. The zero-order chi connectivity index (χ0) is 21.3. The molecule has 30 heavy (non-hydrogen) atoms. The first-order valence-electron chi connectivity index (χ1n) is 9.22. The van der Waals surface area contributed by atoms with Crippen LogP contribution in [0.5, 0.6) is 0 Å². The van der Waals surface area contributed by atoms with Gasteiger partial charge in [0.25, 0.3) is 5.91 Å². The van der Waals surface area contributed by atoms with E-state index in [0.717, 1.165) is 11.1 Å². The number of rotatable bonds is 5. The molecule has 0 aliphatic heterocycles. The molecule has 0 bridgehead atoms. The SMILES string of the molecule is Cc1ccc(Cn2nc(C)c(C(=O)Nc3nc(-c4ccc(F)cc4)cs3)c2Cl)cc1. The Bertz CT molecular complexity index is 1200. The molecule has 8 heteroatoms. The molecule has 0 atom stereocenters. The van der Waals surface area contributed by atoms with Gasteiger partial charge in [0.1, 0.15) is 11.0 Å². The van der Waals surface area contributed by atoms with Crippen LogP contribution >= 0.6 is 22.9 Å². The number of amides is 1. The average molecular weight is 441 g/mol. The van der Waals surface area contributed by atoms with Crippen LogP contribution < -0.4 is 5.32 Å². The van der Waals surface area contributed by atoms with Crippen LogP contribution in [0.2, 0.25) is 5.15 Å². The summed E-state index contributed by atoms with van der Waals surface area (Å²) in [6.45, 7) is 4.24. The summed E-state index contributed by atoms with van der Waals surface area (Å²) in [5.74, 6) is -0.678. The van der Waals surface area contributed by atoms with E-state index in [2.05, 4.69) is 15.4 Å². The van der Waals surface area contributed by atoms with Gasteiger partial charge in [-0.1, -0.05) is 41.4 Å². The topological polar surface area (TPSA) is 59.8 Å². The molecule has 152 valence electrons. The second kappa shape index (κ2) is 8.38. The molecule has 4 rings (SSSR count). The fourth-order valence-electron chi connectivity index (χ4n) is 3.03. The lowest BCUT2D eigenvalue weighted by Gasteiger charge is -2.05. The Labute approximate surface area is 182 Å². The van der Waals surface area contributed by atoms with E-state index in [-0.39, 0.29) is 16.9 Å². The monoisotopic (exact) mass is 440 g/mol. The second-order valence-electron chi connectivity index (χ2n) is 6.89. The van der Waals surface area contributed by atoms with Crippen molar-refractivity contribution in [2.45, 2.75) is 20.4 Å². The van der Waals surface area contributed by atoms with Crippen LogP contribution in [0.4, 0.5) is 9.52 Å². The van der Waals surface area contributed by atoms with E-state index >= 15 is 0 Å². The van der Waals surface area contributed by atoms with E-state index in [9.17, 15) is 9.18 Å². The van der Waals surface area contributed by atoms with Gasteiger partial charge >= 0.3 is 0 Å². The van der Waals surface area contributed by atoms with Crippen molar-refractivity contribution in [1.29, 1.82) is 0 Å². The summed E-state index contributed by atoms with van der Waals surface area (Å²) in [6.07, 6.45) is 0. The van der Waals surface area contributed by atoms with Crippen molar-refractivity contribution in [2.75, 3.05) is 5.32 Å². The highest BCUT2D eigenvalue weighted by atomic mass is 35.5. The summed E-state index contributed by atoms with van der Waals surface area (Å²) in [5.41, 5.74) is 4.51. The predicted molar refractivity (Wildman–Crippen MR) is 118 cm³/mol. The Morgan fingerprint density at radius 3 is 2.53 bits per heavy atom. The number of thiazole rings is 1. The third-order valence-corrected chi connectivity index (χ3v) is 5.75. The molecule has 0 aliphatic carbocycles. The van der Waals surface area contributed by atoms with Gasteiger partial charge in [-0.3, -0.25) is 10.1 Å². The number of hydrogen-bond donors (Lipinski definition) is 1. The van der Waals surface area contributed by atoms with Gasteiger partial charge in [-0.05, 0) is 43.7 Å². The van der Waals surface area contributed by atoms with Gasteiger partial charge in [0.15, 0.2) is 5.13 Å². The minimum atomic E-state index is -0.368. The third-order valence-electron chi connectivity index (χ3n) is 4.61. The lowest BCUT2D eigenvalue weighted by Crippen LogP contribution is -2.13. The maximum Gasteiger partial charge on any atom is 0.262 e. The standard InChI is InChI=1S/C22H18ClFN4OS/c1-13-3-5-15(6-4-13)11-28-20(23)19(14(2)27-28)21(29)26-22-25-18(12-30-22)16-7-9-17(24)10-8-16/h3-10,12H,11H2,1-2H3,(H,25,26,29). The maximum absolute atomic E-state index is 13.1. The molecule has 0 unspecified atom stereocenters. The van der Waals surface area contributed by atoms with Gasteiger partial charge in [0, 0.05) is 10.9 Å². The summed E-state index contributed by atoms with van der Waals surface area (Å²) in [5, 5.41) is 9.72. The maximum atomic E-state index is 13.1. The molecule has 1 N–H and O–H groups in total. The average Bonchev–Trinajstić information content (AvgIpc) is 3.28. The van der Waals surface area contributed by atoms with E-state index in [1.54, 1.807) is 29.1 Å². The third kappa shape index (κ3) is 4.27. The van der Waals surface area contributed by atoms with Crippen molar-refractivity contribution in [3.8, 4) is 11.3 Å². The summed E-state index contributed by atoms with van der Waals surface area (Å²) in [6, 6.07) is 14.1. The number of benzene rings is 2. The van der Waals surface area contributed by atoms with Crippen molar-refractivity contribution in [1.82, 2.24) is 14.8 Å². The molecule has 2 aromatic heterocycles. The highest BCUT2D eigenvalue weighted by Crippen LogP contribution is 2.27. The smallest absolute Gasteiger partial charge is 0.262 e. The molecule has 4 aromatic rings. The van der Waals surface area contributed by atoms with Crippen LogP contribution in [0.1, 0.15) is 27.2 Å². The number of halogens is 2. The molecule has 1 amide bonds. The van der Waals surface area contributed by atoms with Crippen molar-refractivity contribution < 1.29 is 9.18 Å². The van der Waals surface area contributed by atoms with E-state index in [0.29, 0.717) is 28.6 Å². The highest BCUT2D eigenvalue weighted by Gasteiger charge is 2.21. The number of aryl methyl sites for hydroxylation is 2. The molecule has 0 saturated heterocycles. The molecule has 2 heterocycles. The minimum Gasteiger partial charge on any atom is -0.298 e. The van der Waals surface area contributed by atoms with Crippen LogP contribution in [-0.2, 0) is 6.54 Å². The zero-order valence-electron chi connectivity index (χ0n) is 16.3. The van der Waals surface area contributed by atoms with Crippen LogP contribution in [0.25, 0.3) is 11.3 Å². The molecule has 5 nitrogen and oxygen atoms in total. The Morgan fingerprint density at radius 1 is 1.13 bits per heavy atom. The number of nitrogens with zero attached hydrogens (tertiary/aromatic N) is 3. The Hall–Kier alpha value is -3.03. The number of hydrogen-bond acceptors (Lipinski definition) is 4. The summed E-state index contributed by atoms with van der Waals surface area (Å²) >= 11 is 7.76. The van der Waals surface area contributed by atoms with Crippen LogP contribution in [0.15, 0.2) is 53.9 Å². The molecule has 0 spiro atoms. The van der Waals surface area contributed by atoms with Crippen molar-refractivity contribution in [3.05, 3.63) is 87.3 Å². The number of nitrogens with one attached hydrogen (secondary N) is 1. The van der Waals surface area contributed by atoms with Crippen molar-refractivity contribution in [3.63, 3.8) is 0 Å². The van der Waals surface area contributed by atoms with E-state index < -0.39 is 0 Å². The van der Waals surface area contributed by atoms with E-state index in [1.807, 2.05) is 31.2 Å². The molecule has 2 aromatic carbocycles. The summed E-state index contributed by atoms with van der Waals surface area (Å²) in [7, 11) is 0. The minimum absolute atomic E-state index is 0.279. The fourth-order valence-corrected chi connectivity index (χ4v) is 4.06. The quantitative estimate of drug-likeness (QED) is 0.432. The molecule has 0 radical (unpaired) electrons. The summed E-state index contributed by atoms with van der Waals surface area (Å²) < 4.78 is 14.7. The predicted octanol–water partition coefficient (Wildman–Crippen LogP) is 5.72. The first kappa shape index (κ1) is 20.3. The first-order chi connectivity index (χ1) is 14.4. The summed E-state index contributed by atoms with van der Waals surface area (Å²) in [4.78, 5) is 17.2. The second-order valence-corrected chi connectivity index (χ2v) is 8.11. The fraction of sp³-hybridized carbons (Fsp3) is 0.136. The number of aromatic nitrogens is 3. The van der Waals surface area contributed by atoms with E-state index in [1.165, 1.54) is 29.0 Å². The Kier molecular flexibility index (Phi) is 5.65. The van der Waals surface area contributed by atoms with Crippen molar-refractivity contribution >= 4 is 34.0 Å². The lowest BCUT2D eigenvalue weighted by atomic mass is 10.1. The largest absolute Gasteiger partial charge is 0.298 e. The molecular formula is C22H18ClFN4OS. The molecule has 0 saturated carbocycles. The van der Waals surface area contributed by atoms with Gasteiger partial charge in [0.05, 0.1) is 23.5 Å². The normalized spacial score (nSPS) is 10.9.